The van der Waals surface area contributed by atoms with Crippen LogP contribution in [0.25, 0.3) is 0 Å². The Hall–Kier alpha value is -0.0400. The van der Waals surface area contributed by atoms with Gasteiger partial charge in [0.1, 0.15) is 0 Å². The minimum Gasteiger partial charge on any atom is -0.378 e. The van der Waals surface area contributed by atoms with Crippen LogP contribution >= 0.6 is 0 Å². The lowest BCUT2D eigenvalue weighted by molar-refractivity contribution is 0.0361. The summed E-state index contributed by atoms with van der Waals surface area (Å²) in [5.41, 5.74) is 0. The lowest BCUT2D eigenvalue weighted by atomic mass is 10.1. The molecule has 0 radical (unpaired) electrons. The molecule has 0 saturated carbocycles. The Morgan fingerprint density at radius 2 is 1.24 bits per heavy atom. The summed E-state index contributed by atoms with van der Waals surface area (Å²) in [6, 6.07) is 0. The Morgan fingerprint density at radius 3 is 1.88 bits per heavy atom. The van der Waals surface area contributed by atoms with Gasteiger partial charge >= 0.3 is 0 Å². The highest BCUT2D eigenvalue weighted by atomic mass is 16.5. The van der Waals surface area contributed by atoms with E-state index >= 15 is 0 Å². The van der Waals surface area contributed by atoms with Gasteiger partial charge in [0.25, 0.3) is 0 Å². The number of hydrogen-bond donors (Lipinski definition) is 0. The Bertz CT molecular complexity index is 133. The maximum atomic E-state index is 6.04. The van der Waals surface area contributed by atoms with E-state index in [2.05, 4.69) is 20.8 Å². The molecule has 0 bridgehead atoms. The predicted molar refractivity (Wildman–Crippen MR) is 77.5 cm³/mol. The first-order chi connectivity index (χ1) is 8.35. The van der Waals surface area contributed by atoms with E-state index in [0.717, 1.165) is 6.61 Å². The summed E-state index contributed by atoms with van der Waals surface area (Å²) in [4.78, 5) is 0. The molecule has 1 nitrogen and oxygen atoms in total. The van der Waals surface area contributed by atoms with Crippen molar-refractivity contribution in [2.75, 3.05) is 6.61 Å². The summed E-state index contributed by atoms with van der Waals surface area (Å²) in [6.45, 7) is 7.78. The van der Waals surface area contributed by atoms with Gasteiger partial charge in [-0.1, -0.05) is 72.1 Å². The van der Waals surface area contributed by atoms with Gasteiger partial charge in [0.15, 0.2) is 0 Å². The van der Waals surface area contributed by atoms with Gasteiger partial charge in [-0.3, -0.25) is 0 Å². The molecule has 0 saturated heterocycles. The van der Waals surface area contributed by atoms with Crippen molar-refractivity contribution >= 4 is 0 Å². The minimum absolute atomic E-state index is 0.545. The molecule has 0 aromatic carbocycles. The Labute approximate surface area is 109 Å². The topological polar surface area (TPSA) is 9.23 Å². The molecule has 0 rings (SSSR count). The Kier molecular flexibility index (Phi) is 14.0. The van der Waals surface area contributed by atoms with E-state index in [0.29, 0.717) is 6.10 Å². The standard InChI is InChI=1S/C16H34O/c1-4-7-10-12-15-17-16(13-9-6-3)14-11-8-5-2/h16H,4-15H2,1-3H3. The molecule has 0 aromatic rings. The number of rotatable bonds is 13. The van der Waals surface area contributed by atoms with Gasteiger partial charge in [-0.2, -0.15) is 0 Å². The summed E-state index contributed by atoms with van der Waals surface area (Å²) in [6.07, 6.45) is 15.0. The zero-order valence-electron chi connectivity index (χ0n) is 12.5. The van der Waals surface area contributed by atoms with E-state index < -0.39 is 0 Å². The quantitative estimate of drug-likeness (QED) is 0.375. The van der Waals surface area contributed by atoms with Crippen LogP contribution < -0.4 is 0 Å². The third kappa shape index (κ3) is 12.2. The van der Waals surface area contributed by atoms with Crippen molar-refractivity contribution < 1.29 is 4.74 Å². The minimum atomic E-state index is 0.545. The van der Waals surface area contributed by atoms with E-state index in [4.69, 9.17) is 4.74 Å². The van der Waals surface area contributed by atoms with Crippen LogP contribution in [0.2, 0.25) is 0 Å². The summed E-state index contributed by atoms with van der Waals surface area (Å²) >= 11 is 0. The molecule has 0 heterocycles. The zero-order valence-corrected chi connectivity index (χ0v) is 12.5. The molecular weight excluding hydrogens is 208 g/mol. The Morgan fingerprint density at radius 1 is 0.647 bits per heavy atom. The summed E-state index contributed by atoms with van der Waals surface area (Å²) in [5, 5.41) is 0. The van der Waals surface area contributed by atoms with Crippen LogP contribution in [-0.4, -0.2) is 12.7 Å². The van der Waals surface area contributed by atoms with Crippen molar-refractivity contribution in [3.8, 4) is 0 Å². The second-order valence-corrected chi connectivity index (χ2v) is 5.19. The van der Waals surface area contributed by atoms with E-state index in [9.17, 15) is 0 Å². The van der Waals surface area contributed by atoms with Gasteiger partial charge in [0, 0.05) is 6.61 Å². The van der Waals surface area contributed by atoms with Crippen LogP contribution in [0, 0.1) is 0 Å². The average molecular weight is 242 g/mol. The highest BCUT2D eigenvalue weighted by Gasteiger charge is 2.07. The predicted octanol–water partition coefficient (Wildman–Crippen LogP) is 5.72. The zero-order chi connectivity index (χ0) is 12.8. The molecule has 104 valence electrons. The number of hydrogen-bond acceptors (Lipinski definition) is 1. The van der Waals surface area contributed by atoms with Crippen molar-refractivity contribution in [3.05, 3.63) is 0 Å². The highest BCUT2D eigenvalue weighted by Crippen LogP contribution is 2.14. The molecule has 0 aliphatic heterocycles. The van der Waals surface area contributed by atoms with Crippen molar-refractivity contribution in [1.29, 1.82) is 0 Å². The van der Waals surface area contributed by atoms with Crippen molar-refractivity contribution in [1.82, 2.24) is 0 Å². The third-order valence-corrected chi connectivity index (χ3v) is 3.36. The molecule has 0 spiro atoms. The first-order valence-corrected chi connectivity index (χ1v) is 7.96. The molecule has 17 heavy (non-hydrogen) atoms. The highest BCUT2D eigenvalue weighted by molar-refractivity contribution is 4.59. The molecule has 0 aliphatic carbocycles. The van der Waals surface area contributed by atoms with Gasteiger partial charge in [-0.25, -0.2) is 0 Å². The largest absolute Gasteiger partial charge is 0.378 e. The molecule has 0 amide bonds. The molecule has 0 aromatic heterocycles. The molecule has 0 aliphatic rings. The second kappa shape index (κ2) is 14.0. The molecule has 0 fully saturated rings. The summed E-state index contributed by atoms with van der Waals surface area (Å²) in [7, 11) is 0. The Balaban J connectivity index is 3.53. The lowest BCUT2D eigenvalue weighted by Crippen LogP contribution is -2.14. The molecule has 1 unspecified atom stereocenters. The average Bonchev–Trinajstić information content (AvgIpc) is 2.35. The fourth-order valence-electron chi connectivity index (χ4n) is 2.14. The van der Waals surface area contributed by atoms with E-state index in [-0.39, 0.29) is 0 Å². The van der Waals surface area contributed by atoms with Crippen LogP contribution in [0.15, 0.2) is 0 Å². The van der Waals surface area contributed by atoms with Crippen molar-refractivity contribution in [2.24, 2.45) is 0 Å². The fourth-order valence-corrected chi connectivity index (χ4v) is 2.14. The first-order valence-electron chi connectivity index (χ1n) is 7.96. The van der Waals surface area contributed by atoms with Crippen LogP contribution in [-0.2, 0) is 4.74 Å². The van der Waals surface area contributed by atoms with Crippen LogP contribution in [0.4, 0.5) is 0 Å². The molecular formula is C16H34O. The van der Waals surface area contributed by atoms with Gasteiger partial charge in [0.2, 0.25) is 0 Å². The second-order valence-electron chi connectivity index (χ2n) is 5.19. The molecule has 1 atom stereocenters. The number of unbranched alkanes of at least 4 members (excludes halogenated alkanes) is 6. The van der Waals surface area contributed by atoms with E-state index in [1.165, 1.54) is 70.6 Å². The SMILES string of the molecule is CCCCCCOC(CCCC)CCCCC. The lowest BCUT2D eigenvalue weighted by Gasteiger charge is -2.17. The molecule has 0 N–H and O–H groups in total. The summed E-state index contributed by atoms with van der Waals surface area (Å²) in [5.74, 6) is 0. The smallest absolute Gasteiger partial charge is 0.0575 e. The van der Waals surface area contributed by atoms with Gasteiger partial charge in [-0.15, -0.1) is 0 Å². The number of ether oxygens (including phenoxy) is 1. The third-order valence-electron chi connectivity index (χ3n) is 3.36. The monoisotopic (exact) mass is 242 g/mol. The van der Waals surface area contributed by atoms with Gasteiger partial charge < -0.3 is 4.74 Å². The van der Waals surface area contributed by atoms with Gasteiger partial charge in [0.05, 0.1) is 6.10 Å². The first kappa shape index (κ1) is 17.0. The summed E-state index contributed by atoms with van der Waals surface area (Å²) < 4.78 is 6.04. The van der Waals surface area contributed by atoms with E-state index in [1.807, 2.05) is 0 Å². The van der Waals surface area contributed by atoms with Crippen molar-refractivity contribution in [3.63, 3.8) is 0 Å². The van der Waals surface area contributed by atoms with Crippen LogP contribution in [0.1, 0.15) is 91.4 Å². The molecule has 1 heteroatoms. The van der Waals surface area contributed by atoms with E-state index in [1.54, 1.807) is 0 Å². The van der Waals surface area contributed by atoms with Gasteiger partial charge in [-0.05, 0) is 19.3 Å². The maximum Gasteiger partial charge on any atom is 0.0575 e. The van der Waals surface area contributed by atoms with Crippen LogP contribution in [0.3, 0.4) is 0 Å². The van der Waals surface area contributed by atoms with Crippen molar-refractivity contribution in [2.45, 2.75) is 97.5 Å². The normalized spacial score (nSPS) is 12.9. The maximum absolute atomic E-state index is 6.04. The van der Waals surface area contributed by atoms with Crippen LogP contribution in [0.5, 0.6) is 0 Å². The fraction of sp³-hybridized carbons (Fsp3) is 1.00.